The van der Waals surface area contributed by atoms with Crippen molar-refractivity contribution < 1.29 is 9.53 Å². The van der Waals surface area contributed by atoms with Gasteiger partial charge in [-0.05, 0) is 20.3 Å². The molecule has 0 aliphatic carbocycles. The van der Waals surface area contributed by atoms with Crippen molar-refractivity contribution in [2.24, 2.45) is 0 Å². The van der Waals surface area contributed by atoms with Gasteiger partial charge in [0.1, 0.15) is 0 Å². The van der Waals surface area contributed by atoms with E-state index in [1.54, 1.807) is 0 Å². The molecule has 0 aromatic carbocycles. The van der Waals surface area contributed by atoms with Gasteiger partial charge >= 0.3 is 5.97 Å². The second kappa shape index (κ2) is 5.23. The van der Waals surface area contributed by atoms with Crippen LogP contribution in [0.3, 0.4) is 0 Å². The highest BCUT2D eigenvalue weighted by atomic mass is 35.5. The highest BCUT2D eigenvalue weighted by molar-refractivity contribution is 7.18. The lowest BCUT2D eigenvalue weighted by molar-refractivity contribution is 0.0606. The summed E-state index contributed by atoms with van der Waals surface area (Å²) in [6.07, 6.45) is 0.967. The van der Waals surface area contributed by atoms with E-state index in [0.717, 1.165) is 11.6 Å². The number of hydrogen-bond donors (Lipinski definition) is 0. The number of carbonyl (C=O) groups is 1. The minimum atomic E-state index is -0.443. The number of methoxy groups -OCH3 is 1. The van der Waals surface area contributed by atoms with E-state index in [1.807, 2.05) is 11.9 Å². The predicted octanol–water partition coefficient (Wildman–Crippen LogP) is 3.21. The minimum Gasteiger partial charge on any atom is -0.465 e. The van der Waals surface area contributed by atoms with Gasteiger partial charge in [-0.25, -0.2) is 9.78 Å². The summed E-state index contributed by atoms with van der Waals surface area (Å²) in [7, 11) is 3.28. The van der Waals surface area contributed by atoms with Gasteiger partial charge in [0.25, 0.3) is 0 Å². The van der Waals surface area contributed by atoms with Crippen LogP contribution in [0.4, 0.5) is 5.13 Å². The molecule has 4 nitrogen and oxygen atoms in total. The van der Waals surface area contributed by atoms with Crippen molar-refractivity contribution in [3.63, 3.8) is 0 Å². The first-order chi connectivity index (χ1) is 7.83. The maximum Gasteiger partial charge on any atom is 0.351 e. The molecule has 17 heavy (non-hydrogen) atoms. The zero-order valence-electron chi connectivity index (χ0n) is 10.7. The molecule has 96 valence electrons. The highest BCUT2D eigenvalue weighted by Gasteiger charge is 2.26. The maximum atomic E-state index is 11.4. The Morgan fingerprint density at radius 3 is 2.65 bits per heavy atom. The van der Waals surface area contributed by atoms with Crippen LogP contribution < -0.4 is 4.90 Å². The number of thiazole rings is 1. The Balaban J connectivity index is 3.05. The van der Waals surface area contributed by atoms with Gasteiger partial charge in [0.15, 0.2) is 15.2 Å². The molecular weight excluding hydrogens is 260 g/mol. The van der Waals surface area contributed by atoms with Gasteiger partial charge in [-0.3, -0.25) is 0 Å². The predicted molar refractivity (Wildman–Crippen MR) is 71.2 cm³/mol. The van der Waals surface area contributed by atoms with E-state index in [9.17, 15) is 4.79 Å². The molecule has 0 saturated heterocycles. The van der Waals surface area contributed by atoms with Crippen molar-refractivity contribution in [2.75, 3.05) is 19.1 Å². The van der Waals surface area contributed by atoms with Crippen molar-refractivity contribution in [3.8, 4) is 0 Å². The van der Waals surface area contributed by atoms with E-state index in [-0.39, 0.29) is 10.7 Å². The summed E-state index contributed by atoms with van der Waals surface area (Å²) in [6, 6.07) is 0. The Morgan fingerprint density at radius 2 is 2.18 bits per heavy atom. The Kier molecular flexibility index (Phi) is 4.38. The number of hydrogen-bond acceptors (Lipinski definition) is 5. The quantitative estimate of drug-likeness (QED) is 0.792. The molecule has 0 spiro atoms. The largest absolute Gasteiger partial charge is 0.465 e. The third kappa shape index (κ3) is 2.90. The Morgan fingerprint density at radius 1 is 1.59 bits per heavy atom. The molecule has 1 heterocycles. The molecule has 0 aliphatic rings. The van der Waals surface area contributed by atoms with E-state index >= 15 is 0 Å². The molecule has 1 aromatic rings. The van der Waals surface area contributed by atoms with Crippen LogP contribution in [-0.4, -0.2) is 30.6 Å². The van der Waals surface area contributed by atoms with Gasteiger partial charge in [0, 0.05) is 12.6 Å². The normalized spacial score (nSPS) is 11.4. The summed E-state index contributed by atoms with van der Waals surface area (Å²) in [5.41, 5.74) is -0.0332. The van der Waals surface area contributed by atoms with Gasteiger partial charge in [-0.15, -0.1) is 0 Å². The molecular formula is C11H17ClN2O2S. The SMILES string of the molecule is CCC(C)(C)N(C)c1nc(Cl)c(C(=O)OC)s1. The van der Waals surface area contributed by atoms with E-state index in [4.69, 9.17) is 11.6 Å². The van der Waals surface area contributed by atoms with Crippen molar-refractivity contribution in [3.05, 3.63) is 10.0 Å². The van der Waals surface area contributed by atoms with Crippen molar-refractivity contribution >= 4 is 34.0 Å². The standard InChI is InChI=1S/C11H17ClN2O2S/c1-6-11(2,3)14(4)10-13-8(12)7(17-10)9(15)16-5/h6H2,1-5H3. The number of anilines is 1. The monoisotopic (exact) mass is 276 g/mol. The number of aromatic nitrogens is 1. The number of esters is 1. The number of nitrogens with zero attached hydrogens (tertiary/aromatic N) is 2. The van der Waals surface area contributed by atoms with Crippen molar-refractivity contribution in [1.29, 1.82) is 0 Å². The molecule has 6 heteroatoms. The molecule has 0 fully saturated rings. The molecule has 1 aromatic heterocycles. The van der Waals surface area contributed by atoms with Gasteiger partial charge in [0.05, 0.1) is 7.11 Å². The minimum absolute atomic E-state index is 0.0332. The Labute approximate surface area is 111 Å². The van der Waals surface area contributed by atoms with Crippen molar-refractivity contribution in [1.82, 2.24) is 4.98 Å². The van der Waals surface area contributed by atoms with Crippen LogP contribution >= 0.6 is 22.9 Å². The zero-order chi connectivity index (χ0) is 13.2. The molecule has 1 rings (SSSR count). The molecule has 0 amide bonds. The van der Waals surface area contributed by atoms with Crippen LogP contribution in [0.5, 0.6) is 0 Å². The van der Waals surface area contributed by atoms with Gasteiger partial charge in [-0.1, -0.05) is 29.9 Å². The van der Waals surface area contributed by atoms with Crippen LogP contribution in [0.15, 0.2) is 0 Å². The Bertz CT molecular complexity index is 418. The van der Waals surface area contributed by atoms with E-state index < -0.39 is 5.97 Å². The van der Waals surface area contributed by atoms with Gasteiger partial charge < -0.3 is 9.64 Å². The van der Waals surface area contributed by atoms with Crippen LogP contribution in [-0.2, 0) is 4.74 Å². The fourth-order valence-corrected chi connectivity index (χ4v) is 2.47. The Hall–Kier alpha value is -0.810. The average Bonchev–Trinajstić information content (AvgIpc) is 2.69. The van der Waals surface area contributed by atoms with E-state index in [2.05, 4.69) is 30.5 Å². The summed E-state index contributed by atoms with van der Waals surface area (Å²) < 4.78 is 4.65. The third-order valence-corrected chi connectivity index (χ3v) is 4.50. The summed E-state index contributed by atoms with van der Waals surface area (Å²) >= 11 is 7.18. The van der Waals surface area contributed by atoms with Gasteiger partial charge in [-0.2, -0.15) is 0 Å². The second-order valence-corrected chi connectivity index (χ2v) is 5.67. The first-order valence-electron chi connectivity index (χ1n) is 5.32. The van der Waals surface area contributed by atoms with Crippen LogP contribution in [0, 0.1) is 0 Å². The number of halogens is 1. The first kappa shape index (κ1) is 14.3. The van der Waals surface area contributed by atoms with E-state index in [1.165, 1.54) is 18.4 Å². The maximum absolute atomic E-state index is 11.4. The summed E-state index contributed by atoms with van der Waals surface area (Å²) in [5.74, 6) is -0.443. The highest BCUT2D eigenvalue weighted by Crippen LogP contribution is 2.33. The van der Waals surface area contributed by atoms with Crippen molar-refractivity contribution in [2.45, 2.75) is 32.7 Å². The lowest BCUT2D eigenvalue weighted by Crippen LogP contribution is -2.40. The van der Waals surface area contributed by atoms with Crippen LogP contribution in [0.25, 0.3) is 0 Å². The molecule has 0 saturated carbocycles. The molecule has 0 aliphatic heterocycles. The van der Waals surface area contributed by atoms with Crippen LogP contribution in [0.1, 0.15) is 36.9 Å². The topological polar surface area (TPSA) is 42.4 Å². The van der Waals surface area contributed by atoms with Gasteiger partial charge in [0.2, 0.25) is 0 Å². The zero-order valence-corrected chi connectivity index (χ0v) is 12.3. The fraction of sp³-hybridized carbons (Fsp3) is 0.636. The molecule has 0 bridgehead atoms. The fourth-order valence-electron chi connectivity index (χ4n) is 1.15. The summed E-state index contributed by atoms with van der Waals surface area (Å²) in [4.78, 5) is 18.0. The number of carbonyl (C=O) groups excluding carboxylic acids is 1. The second-order valence-electron chi connectivity index (χ2n) is 4.33. The summed E-state index contributed by atoms with van der Waals surface area (Å²) in [5, 5.41) is 0.929. The molecule has 0 atom stereocenters. The lowest BCUT2D eigenvalue weighted by Gasteiger charge is -2.34. The molecule has 0 radical (unpaired) electrons. The van der Waals surface area contributed by atoms with Crippen LogP contribution in [0.2, 0.25) is 5.15 Å². The number of rotatable bonds is 4. The molecule has 0 unspecified atom stereocenters. The smallest absolute Gasteiger partial charge is 0.351 e. The lowest BCUT2D eigenvalue weighted by atomic mass is 10.0. The van der Waals surface area contributed by atoms with E-state index in [0.29, 0.717) is 4.88 Å². The molecule has 0 N–H and O–H groups in total. The first-order valence-corrected chi connectivity index (χ1v) is 6.51. The average molecular weight is 277 g/mol. The summed E-state index contributed by atoms with van der Waals surface area (Å²) in [6.45, 7) is 6.33. The third-order valence-electron chi connectivity index (χ3n) is 3.01. The number of ether oxygens (including phenoxy) is 1.